The lowest BCUT2D eigenvalue weighted by Crippen LogP contribution is -2.53. The number of rotatable bonds is 4. The molecule has 11 heteroatoms. The fraction of sp³-hybridized carbons (Fsp3) is 0.400. The zero-order chi connectivity index (χ0) is 21.7. The summed E-state index contributed by atoms with van der Waals surface area (Å²) in [6.07, 6.45) is -3.05. The molecule has 170 valence electrons. The van der Waals surface area contributed by atoms with E-state index in [1.165, 1.54) is 25.5 Å². The van der Waals surface area contributed by atoms with Crippen LogP contribution in [0.3, 0.4) is 0 Å². The van der Waals surface area contributed by atoms with Crippen LogP contribution >= 0.6 is 24.0 Å². The Bertz CT molecular complexity index is 896. The van der Waals surface area contributed by atoms with Gasteiger partial charge >= 0.3 is 6.18 Å². The number of carbonyl (C=O) groups excluding carboxylic acids is 1. The molecule has 0 spiro atoms. The number of benzene rings is 1. The first kappa shape index (κ1) is 24.8. The summed E-state index contributed by atoms with van der Waals surface area (Å²) in [6.45, 7) is 1.87. The topological polar surface area (TPSA) is 70.3 Å². The SMILES string of the molecule is CN=C(NCc1ccc(OC)cc1C(F)(F)F)N1CCN(C(=O)c2ccco2)CC1.I. The van der Waals surface area contributed by atoms with Crippen LogP contribution in [0.1, 0.15) is 21.7 Å². The molecule has 7 nitrogen and oxygen atoms in total. The molecule has 3 rings (SSSR count). The van der Waals surface area contributed by atoms with Gasteiger partial charge in [0, 0.05) is 39.8 Å². The van der Waals surface area contributed by atoms with Crippen LogP contribution in [0.15, 0.2) is 46.0 Å². The van der Waals surface area contributed by atoms with Crippen molar-refractivity contribution in [2.45, 2.75) is 12.7 Å². The lowest BCUT2D eigenvalue weighted by Gasteiger charge is -2.36. The number of halogens is 4. The molecule has 1 amide bonds. The van der Waals surface area contributed by atoms with E-state index in [-0.39, 0.29) is 53.5 Å². The number of piperazine rings is 1. The Labute approximate surface area is 195 Å². The van der Waals surface area contributed by atoms with Crippen molar-refractivity contribution in [3.63, 3.8) is 0 Å². The number of furan rings is 1. The highest BCUT2D eigenvalue weighted by Crippen LogP contribution is 2.34. The minimum absolute atomic E-state index is 0. The first-order chi connectivity index (χ1) is 14.3. The molecular formula is C20H24F3IN4O3. The second kappa shape index (κ2) is 10.7. The first-order valence-corrected chi connectivity index (χ1v) is 9.36. The van der Waals surface area contributed by atoms with E-state index in [0.717, 1.165) is 6.07 Å². The van der Waals surface area contributed by atoms with Crippen LogP contribution in [0.25, 0.3) is 0 Å². The number of hydrogen-bond donors (Lipinski definition) is 1. The number of ether oxygens (including phenoxy) is 1. The van der Waals surface area contributed by atoms with E-state index in [0.29, 0.717) is 32.1 Å². The van der Waals surface area contributed by atoms with Gasteiger partial charge in [0.15, 0.2) is 11.7 Å². The molecule has 0 saturated carbocycles. The number of nitrogens with one attached hydrogen (secondary N) is 1. The monoisotopic (exact) mass is 552 g/mol. The molecule has 1 aliphatic heterocycles. The molecule has 0 aliphatic carbocycles. The van der Waals surface area contributed by atoms with Gasteiger partial charge in [-0.3, -0.25) is 9.79 Å². The van der Waals surface area contributed by atoms with Gasteiger partial charge in [-0.1, -0.05) is 6.07 Å². The van der Waals surface area contributed by atoms with Gasteiger partial charge in [0.25, 0.3) is 5.91 Å². The first-order valence-electron chi connectivity index (χ1n) is 9.36. The van der Waals surface area contributed by atoms with Gasteiger partial charge in [0.1, 0.15) is 5.75 Å². The zero-order valence-corrected chi connectivity index (χ0v) is 19.4. The molecule has 0 unspecified atom stereocenters. The van der Waals surface area contributed by atoms with Crippen molar-refractivity contribution in [3.8, 4) is 5.75 Å². The Morgan fingerprint density at radius 3 is 2.42 bits per heavy atom. The molecule has 31 heavy (non-hydrogen) atoms. The van der Waals surface area contributed by atoms with Gasteiger partial charge in [0.2, 0.25) is 0 Å². The number of guanidine groups is 1. The van der Waals surface area contributed by atoms with Crippen LogP contribution in [0.2, 0.25) is 0 Å². The number of methoxy groups -OCH3 is 1. The highest BCUT2D eigenvalue weighted by molar-refractivity contribution is 14.0. The number of nitrogens with zero attached hydrogens (tertiary/aromatic N) is 3. The quantitative estimate of drug-likeness (QED) is 0.358. The van der Waals surface area contributed by atoms with Crippen LogP contribution in [-0.2, 0) is 12.7 Å². The largest absolute Gasteiger partial charge is 0.497 e. The summed E-state index contributed by atoms with van der Waals surface area (Å²) in [7, 11) is 2.90. The minimum atomic E-state index is -4.49. The van der Waals surface area contributed by atoms with Crippen LogP contribution in [0.4, 0.5) is 13.2 Å². The molecular weight excluding hydrogens is 528 g/mol. The van der Waals surface area contributed by atoms with E-state index in [1.54, 1.807) is 24.1 Å². The molecule has 1 fully saturated rings. The molecule has 2 aromatic rings. The number of hydrogen-bond acceptors (Lipinski definition) is 4. The molecule has 1 aromatic carbocycles. The summed E-state index contributed by atoms with van der Waals surface area (Å²) in [4.78, 5) is 20.1. The average molecular weight is 552 g/mol. The molecule has 1 saturated heterocycles. The van der Waals surface area contributed by atoms with Crippen molar-refractivity contribution in [2.75, 3.05) is 40.3 Å². The van der Waals surface area contributed by atoms with Crippen molar-refractivity contribution in [3.05, 3.63) is 53.5 Å². The maximum atomic E-state index is 13.4. The Kier molecular flexibility index (Phi) is 8.60. The second-order valence-corrected chi connectivity index (χ2v) is 6.68. The number of carbonyl (C=O) groups is 1. The summed E-state index contributed by atoms with van der Waals surface area (Å²) in [6, 6.07) is 7.14. The van der Waals surface area contributed by atoms with Crippen LogP contribution in [0.5, 0.6) is 5.75 Å². The number of amides is 1. The zero-order valence-electron chi connectivity index (χ0n) is 17.1. The molecule has 0 atom stereocenters. The van der Waals surface area contributed by atoms with Crippen molar-refractivity contribution in [1.29, 1.82) is 0 Å². The predicted molar refractivity (Wildman–Crippen MR) is 120 cm³/mol. The molecule has 0 bridgehead atoms. The van der Waals surface area contributed by atoms with Crippen molar-refractivity contribution >= 4 is 35.8 Å². The summed E-state index contributed by atoms with van der Waals surface area (Å²) in [5.41, 5.74) is -0.658. The van der Waals surface area contributed by atoms with E-state index in [4.69, 9.17) is 9.15 Å². The lowest BCUT2D eigenvalue weighted by atomic mass is 10.1. The van der Waals surface area contributed by atoms with E-state index in [9.17, 15) is 18.0 Å². The Morgan fingerprint density at radius 2 is 1.87 bits per heavy atom. The van der Waals surface area contributed by atoms with Crippen LogP contribution < -0.4 is 10.1 Å². The Morgan fingerprint density at radius 1 is 1.19 bits per heavy atom. The van der Waals surface area contributed by atoms with Gasteiger partial charge in [-0.2, -0.15) is 13.2 Å². The molecule has 0 radical (unpaired) electrons. The lowest BCUT2D eigenvalue weighted by molar-refractivity contribution is -0.138. The minimum Gasteiger partial charge on any atom is -0.497 e. The molecule has 1 aliphatic rings. The maximum Gasteiger partial charge on any atom is 0.416 e. The van der Waals surface area contributed by atoms with Crippen molar-refractivity contribution in [1.82, 2.24) is 15.1 Å². The van der Waals surface area contributed by atoms with Crippen molar-refractivity contribution in [2.24, 2.45) is 4.99 Å². The van der Waals surface area contributed by atoms with Gasteiger partial charge in [-0.25, -0.2) is 0 Å². The van der Waals surface area contributed by atoms with Gasteiger partial charge in [-0.05, 0) is 29.8 Å². The van der Waals surface area contributed by atoms with E-state index < -0.39 is 11.7 Å². The summed E-state index contributed by atoms with van der Waals surface area (Å²) in [5, 5.41) is 2.99. The van der Waals surface area contributed by atoms with Crippen LogP contribution in [-0.4, -0.2) is 62.0 Å². The third kappa shape index (κ3) is 6.05. The Hall–Kier alpha value is -2.44. The third-order valence-electron chi connectivity index (χ3n) is 4.87. The Balaban J connectivity index is 0.00000341. The predicted octanol–water partition coefficient (Wildman–Crippen LogP) is 3.46. The standard InChI is InChI=1S/C20H23F3N4O3.HI/c1-24-19(25-13-14-5-6-15(29-2)12-16(14)20(21,22)23)27-9-7-26(8-10-27)18(28)17-4-3-11-30-17;/h3-6,11-12H,7-10,13H2,1-2H3,(H,24,25);1H. The van der Waals surface area contributed by atoms with Gasteiger partial charge in [-0.15, -0.1) is 24.0 Å². The summed E-state index contributed by atoms with van der Waals surface area (Å²) >= 11 is 0. The average Bonchev–Trinajstić information content (AvgIpc) is 3.28. The third-order valence-corrected chi connectivity index (χ3v) is 4.87. The summed E-state index contributed by atoms with van der Waals surface area (Å²) < 4.78 is 50.2. The fourth-order valence-electron chi connectivity index (χ4n) is 3.28. The number of aliphatic imine (C=N–C) groups is 1. The second-order valence-electron chi connectivity index (χ2n) is 6.68. The fourth-order valence-corrected chi connectivity index (χ4v) is 3.28. The van der Waals surface area contributed by atoms with E-state index in [2.05, 4.69) is 10.3 Å². The van der Waals surface area contributed by atoms with Gasteiger partial charge < -0.3 is 24.3 Å². The van der Waals surface area contributed by atoms with Crippen molar-refractivity contribution < 1.29 is 27.1 Å². The molecule has 2 heterocycles. The number of alkyl halides is 3. The normalized spacial score (nSPS) is 14.8. The molecule has 1 N–H and O–H groups in total. The maximum absolute atomic E-state index is 13.4. The highest BCUT2D eigenvalue weighted by Gasteiger charge is 2.34. The highest BCUT2D eigenvalue weighted by atomic mass is 127. The van der Waals surface area contributed by atoms with E-state index >= 15 is 0 Å². The van der Waals surface area contributed by atoms with Gasteiger partial charge in [0.05, 0.1) is 18.9 Å². The summed E-state index contributed by atoms with van der Waals surface area (Å²) in [5.74, 6) is 0.720. The van der Waals surface area contributed by atoms with Crippen LogP contribution in [0, 0.1) is 0 Å². The molecule has 1 aromatic heterocycles. The van der Waals surface area contributed by atoms with E-state index in [1.807, 2.05) is 4.90 Å². The smallest absolute Gasteiger partial charge is 0.416 e.